The number of nitrogens with one attached hydrogen (secondary N) is 1. The van der Waals surface area contributed by atoms with E-state index in [9.17, 15) is 0 Å². The van der Waals surface area contributed by atoms with E-state index in [0.717, 1.165) is 30.2 Å². The lowest BCUT2D eigenvalue weighted by Crippen LogP contribution is -2.33. The lowest BCUT2D eigenvalue weighted by molar-refractivity contribution is 0.302. The lowest BCUT2D eigenvalue weighted by atomic mass is 9.84. The first-order valence-corrected chi connectivity index (χ1v) is 7.38. The molecule has 0 spiro atoms. The molecule has 0 aliphatic heterocycles. The summed E-state index contributed by atoms with van der Waals surface area (Å²) in [5, 5.41) is 8.03. The second-order valence-corrected chi connectivity index (χ2v) is 5.59. The van der Waals surface area contributed by atoms with E-state index in [2.05, 4.69) is 32.2 Å². The van der Waals surface area contributed by atoms with Gasteiger partial charge in [0.05, 0.1) is 19.2 Å². The van der Waals surface area contributed by atoms with Crippen molar-refractivity contribution in [2.75, 3.05) is 14.2 Å². The summed E-state index contributed by atoms with van der Waals surface area (Å²) in [5.74, 6) is 2.74. The number of fused-ring (bicyclic) bond motifs is 1. The first-order valence-electron chi connectivity index (χ1n) is 7.38. The number of hydrogen-bond donors (Lipinski definition) is 1. The highest BCUT2D eigenvalue weighted by Crippen LogP contribution is 2.38. The van der Waals surface area contributed by atoms with Gasteiger partial charge in [-0.25, -0.2) is 9.67 Å². The minimum absolute atomic E-state index is 0.249. The van der Waals surface area contributed by atoms with Crippen molar-refractivity contribution in [3.8, 4) is 5.75 Å². The van der Waals surface area contributed by atoms with Crippen LogP contribution in [0.3, 0.4) is 0 Å². The maximum Gasteiger partial charge on any atom is 0.147 e. The predicted octanol–water partition coefficient (Wildman–Crippen LogP) is 2.35. The second-order valence-electron chi connectivity index (χ2n) is 5.59. The molecular formula is C16H22N4O. The van der Waals surface area contributed by atoms with Gasteiger partial charge in [0.25, 0.3) is 0 Å². The molecule has 0 bridgehead atoms. The van der Waals surface area contributed by atoms with E-state index in [1.165, 1.54) is 11.1 Å². The fraction of sp³-hybridized carbons (Fsp3) is 0.500. The van der Waals surface area contributed by atoms with E-state index in [4.69, 9.17) is 4.74 Å². The third-order valence-corrected chi connectivity index (χ3v) is 4.31. The molecule has 0 amide bonds. The molecular weight excluding hydrogens is 264 g/mol. The Balaban J connectivity index is 2.00. The monoisotopic (exact) mass is 286 g/mol. The van der Waals surface area contributed by atoms with Crippen LogP contribution in [-0.4, -0.2) is 28.9 Å². The van der Waals surface area contributed by atoms with E-state index in [1.54, 1.807) is 7.11 Å². The van der Waals surface area contributed by atoms with Crippen molar-refractivity contribution in [2.24, 2.45) is 0 Å². The number of aryl methyl sites for hydroxylation is 3. The maximum absolute atomic E-state index is 5.34. The Labute approximate surface area is 125 Å². The molecule has 0 saturated heterocycles. The summed E-state index contributed by atoms with van der Waals surface area (Å²) in [6.07, 6.45) is 2.09. The van der Waals surface area contributed by atoms with Crippen LogP contribution in [0, 0.1) is 13.8 Å². The highest BCUT2D eigenvalue weighted by Gasteiger charge is 2.31. The molecule has 1 heterocycles. The van der Waals surface area contributed by atoms with Gasteiger partial charge < -0.3 is 10.1 Å². The highest BCUT2D eigenvalue weighted by molar-refractivity contribution is 5.40. The third kappa shape index (κ3) is 2.42. The van der Waals surface area contributed by atoms with E-state index in [0.29, 0.717) is 6.04 Å². The average molecular weight is 286 g/mol. The summed E-state index contributed by atoms with van der Waals surface area (Å²) in [5.41, 5.74) is 2.70. The Morgan fingerprint density at radius 1 is 1.33 bits per heavy atom. The second kappa shape index (κ2) is 5.48. The number of nitrogens with zero attached hydrogens (tertiary/aromatic N) is 3. The minimum Gasteiger partial charge on any atom is -0.497 e. The average Bonchev–Trinajstić information content (AvgIpc) is 2.83. The standard InChI is InChI=1S/C16H22N4O/c1-10-18-11(2)20(19-10)15-8-5-12-9-13(21-4)6-7-14(12)16(15)17-3/h6-7,9,15-17H,5,8H2,1-4H3. The molecule has 0 radical (unpaired) electrons. The van der Waals surface area contributed by atoms with Gasteiger partial charge in [-0.05, 0) is 57.0 Å². The molecule has 112 valence electrons. The van der Waals surface area contributed by atoms with Gasteiger partial charge >= 0.3 is 0 Å². The fourth-order valence-electron chi connectivity index (χ4n) is 3.37. The Hall–Kier alpha value is -1.88. The van der Waals surface area contributed by atoms with Gasteiger partial charge in [-0.15, -0.1) is 0 Å². The lowest BCUT2D eigenvalue weighted by Gasteiger charge is -2.34. The first kappa shape index (κ1) is 14.1. The first-order chi connectivity index (χ1) is 10.1. The molecule has 2 unspecified atom stereocenters. The van der Waals surface area contributed by atoms with Crippen LogP contribution in [0.1, 0.15) is 41.3 Å². The SMILES string of the molecule is CNC1c2ccc(OC)cc2CCC1n1nc(C)nc1C. The van der Waals surface area contributed by atoms with Crippen LogP contribution < -0.4 is 10.1 Å². The van der Waals surface area contributed by atoms with Crippen LogP contribution in [0.4, 0.5) is 0 Å². The normalized spacial score (nSPS) is 21.1. The zero-order valence-electron chi connectivity index (χ0n) is 13.1. The number of hydrogen-bond acceptors (Lipinski definition) is 4. The van der Waals surface area contributed by atoms with Crippen molar-refractivity contribution < 1.29 is 4.74 Å². The molecule has 3 rings (SSSR count). The van der Waals surface area contributed by atoms with Gasteiger partial charge in [-0.2, -0.15) is 5.10 Å². The van der Waals surface area contributed by atoms with Crippen molar-refractivity contribution in [3.05, 3.63) is 41.0 Å². The predicted molar refractivity (Wildman–Crippen MR) is 81.6 cm³/mol. The van der Waals surface area contributed by atoms with Gasteiger partial charge in [0.1, 0.15) is 17.4 Å². The van der Waals surface area contributed by atoms with E-state index in [-0.39, 0.29) is 6.04 Å². The highest BCUT2D eigenvalue weighted by atomic mass is 16.5. The van der Waals surface area contributed by atoms with Crippen LogP contribution in [0.15, 0.2) is 18.2 Å². The van der Waals surface area contributed by atoms with Crippen LogP contribution in [-0.2, 0) is 6.42 Å². The number of rotatable bonds is 3. The molecule has 1 aliphatic carbocycles. The van der Waals surface area contributed by atoms with Gasteiger partial charge in [0, 0.05) is 0 Å². The van der Waals surface area contributed by atoms with Crippen LogP contribution >= 0.6 is 0 Å². The number of ether oxygens (including phenoxy) is 1. The Bertz CT molecular complexity index is 650. The fourth-order valence-corrected chi connectivity index (χ4v) is 3.37. The van der Waals surface area contributed by atoms with Crippen molar-refractivity contribution in [1.29, 1.82) is 0 Å². The summed E-state index contributed by atoms with van der Waals surface area (Å²) >= 11 is 0. The molecule has 0 saturated carbocycles. The van der Waals surface area contributed by atoms with E-state index in [1.807, 2.05) is 27.0 Å². The summed E-state index contributed by atoms with van der Waals surface area (Å²) < 4.78 is 7.41. The Kier molecular flexibility index (Phi) is 3.68. The molecule has 1 aromatic heterocycles. The molecule has 5 heteroatoms. The van der Waals surface area contributed by atoms with E-state index >= 15 is 0 Å². The molecule has 2 aromatic rings. The molecule has 1 aliphatic rings. The van der Waals surface area contributed by atoms with Gasteiger partial charge in [-0.1, -0.05) is 6.07 Å². The van der Waals surface area contributed by atoms with Crippen LogP contribution in [0.2, 0.25) is 0 Å². The minimum atomic E-state index is 0.249. The van der Waals surface area contributed by atoms with Crippen molar-refractivity contribution in [1.82, 2.24) is 20.1 Å². The summed E-state index contributed by atoms with van der Waals surface area (Å²) in [6, 6.07) is 6.90. The van der Waals surface area contributed by atoms with Gasteiger partial charge in [-0.3, -0.25) is 0 Å². The number of aromatic nitrogens is 3. The molecule has 2 atom stereocenters. The quantitative estimate of drug-likeness (QED) is 0.941. The van der Waals surface area contributed by atoms with Crippen molar-refractivity contribution >= 4 is 0 Å². The molecule has 5 nitrogen and oxygen atoms in total. The van der Waals surface area contributed by atoms with Crippen molar-refractivity contribution in [3.63, 3.8) is 0 Å². The van der Waals surface area contributed by atoms with E-state index < -0.39 is 0 Å². The zero-order chi connectivity index (χ0) is 15.0. The third-order valence-electron chi connectivity index (χ3n) is 4.31. The van der Waals surface area contributed by atoms with Crippen LogP contribution in [0.5, 0.6) is 5.75 Å². The number of methoxy groups -OCH3 is 1. The topological polar surface area (TPSA) is 52.0 Å². The molecule has 21 heavy (non-hydrogen) atoms. The molecule has 0 fully saturated rings. The molecule has 1 aromatic carbocycles. The van der Waals surface area contributed by atoms with Gasteiger partial charge in [0.15, 0.2) is 0 Å². The van der Waals surface area contributed by atoms with Crippen LogP contribution in [0.25, 0.3) is 0 Å². The Morgan fingerprint density at radius 2 is 2.14 bits per heavy atom. The summed E-state index contributed by atoms with van der Waals surface area (Å²) in [7, 11) is 3.72. The smallest absolute Gasteiger partial charge is 0.147 e. The number of benzene rings is 1. The van der Waals surface area contributed by atoms with Gasteiger partial charge in [0.2, 0.25) is 0 Å². The zero-order valence-corrected chi connectivity index (χ0v) is 13.1. The van der Waals surface area contributed by atoms with Crippen molar-refractivity contribution in [2.45, 2.75) is 38.8 Å². The number of likely N-dealkylation sites (N-methyl/N-ethyl adjacent to an activating group) is 1. The summed E-state index contributed by atoms with van der Waals surface area (Å²) in [4.78, 5) is 4.44. The maximum atomic E-state index is 5.34. The Morgan fingerprint density at radius 3 is 2.76 bits per heavy atom. The largest absolute Gasteiger partial charge is 0.497 e. The summed E-state index contributed by atoms with van der Waals surface area (Å²) in [6.45, 7) is 3.97. The molecule has 1 N–H and O–H groups in total.